The number of hydrogen-bond acceptors (Lipinski definition) is 4. The molecule has 1 heterocycles. The smallest absolute Gasteiger partial charge is 0.342 e. The van der Waals surface area contributed by atoms with Crippen molar-refractivity contribution >= 4 is 28.6 Å². The second-order valence-corrected chi connectivity index (χ2v) is 7.02. The second-order valence-electron chi connectivity index (χ2n) is 7.02. The highest BCUT2D eigenvalue weighted by atomic mass is 16.5. The molecule has 0 atom stereocenters. The number of amides is 2. The zero-order valence-corrected chi connectivity index (χ0v) is 17.7. The average Bonchev–Trinajstić information content (AvgIpc) is 3.12. The fraction of sp³-hybridized carbons (Fsp3) is 0.217. The summed E-state index contributed by atoms with van der Waals surface area (Å²) in [6, 6.07) is 14.9. The number of nitrogens with two attached hydrogens (primary N) is 1. The first kappa shape index (κ1) is 21.1. The molecule has 1 aromatic heterocycles. The Morgan fingerprint density at radius 2 is 1.83 bits per heavy atom. The number of fused-ring (bicyclic) bond motifs is 1. The number of aromatic nitrogens is 1. The molecule has 0 aliphatic heterocycles. The number of para-hydroxylation sites is 1. The van der Waals surface area contributed by atoms with E-state index in [9.17, 15) is 9.59 Å². The molecule has 0 spiro atoms. The van der Waals surface area contributed by atoms with Crippen molar-refractivity contribution in [3.05, 3.63) is 66.4 Å². The molecule has 2 aromatic carbocycles. The Balaban J connectivity index is 2.10. The fourth-order valence-corrected chi connectivity index (χ4v) is 3.60. The van der Waals surface area contributed by atoms with Crippen LogP contribution >= 0.6 is 0 Å². The van der Waals surface area contributed by atoms with Gasteiger partial charge in [0.15, 0.2) is 0 Å². The van der Waals surface area contributed by atoms with Crippen molar-refractivity contribution in [3.8, 4) is 11.3 Å². The Labute approximate surface area is 175 Å². The Bertz CT molecular complexity index is 1110. The van der Waals surface area contributed by atoms with Crippen LogP contribution < -0.4 is 10.7 Å². The van der Waals surface area contributed by atoms with Gasteiger partial charge in [-0.2, -0.15) is 0 Å². The summed E-state index contributed by atoms with van der Waals surface area (Å²) in [5, 5.41) is 1.98. The minimum Gasteiger partial charge on any atom is -0.465 e. The average molecular weight is 406 g/mol. The molecule has 0 bridgehead atoms. The third-order valence-corrected chi connectivity index (χ3v) is 4.94. The monoisotopic (exact) mass is 406 g/mol. The van der Waals surface area contributed by atoms with E-state index >= 15 is 0 Å². The lowest BCUT2D eigenvalue weighted by Gasteiger charge is -2.26. The van der Waals surface area contributed by atoms with Crippen molar-refractivity contribution < 1.29 is 14.3 Å². The van der Waals surface area contributed by atoms with Crippen LogP contribution in [0.1, 0.15) is 24.2 Å². The SMILES string of the molecule is C=C(C)N(C(=O)N(C)N)c1ccc(-c2cc3cccc(C(=O)OC)c3n2CC)cc1. The van der Waals surface area contributed by atoms with E-state index in [2.05, 4.69) is 17.2 Å². The van der Waals surface area contributed by atoms with Crippen LogP contribution in [0.15, 0.2) is 60.8 Å². The van der Waals surface area contributed by atoms with Gasteiger partial charge in [-0.3, -0.25) is 9.91 Å². The van der Waals surface area contributed by atoms with Crippen molar-refractivity contribution in [2.75, 3.05) is 19.1 Å². The van der Waals surface area contributed by atoms with Crippen LogP contribution in [-0.4, -0.2) is 35.7 Å². The van der Waals surface area contributed by atoms with Crippen molar-refractivity contribution in [1.29, 1.82) is 0 Å². The van der Waals surface area contributed by atoms with E-state index in [1.54, 1.807) is 13.0 Å². The first-order valence-electron chi connectivity index (χ1n) is 9.59. The number of benzene rings is 2. The predicted molar refractivity (Wildman–Crippen MR) is 119 cm³/mol. The minimum absolute atomic E-state index is 0.364. The Morgan fingerprint density at radius 1 is 1.17 bits per heavy atom. The number of hydrogen-bond donors (Lipinski definition) is 1. The van der Waals surface area contributed by atoms with E-state index in [0.29, 0.717) is 23.5 Å². The van der Waals surface area contributed by atoms with E-state index in [0.717, 1.165) is 27.2 Å². The van der Waals surface area contributed by atoms with Gasteiger partial charge in [0.1, 0.15) is 0 Å². The van der Waals surface area contributed by atoms with Crippen molar-refractivity contribution in [1.82, 2.24) is 9.58 Å². The van der Waals surface area contributed by atoms with Crippen LogP contribution in [0.2, 0.25) is 0 Å². The number of esters is 1. The van der Waals surface area contributed by atoms with Gasteiger partial charge in [-0.15, -0.1) is 0 Å². The summed E-state index contributed by atoms with van der Waals surface area (Å²) < 4.78 is 7.04. The molecular formula is C23H26N4O3. The number of ether oxygens (including phenoxy) is 1. The Hall–Kier alpha value is -3.58. The molecule has 0 fully saturated rings. The molecule has 7 nitrogen and oxygen atoms in total. The van der Waals surface area contributed by atoms with Crippen LogP contribution in [0.3, 0.4) is 0 Å². The first-order chi connectivity index (χ1) is 14.3. The van der Waals surface area contributed by atoms with Gasteiger partial charge in [-0.1, -0.05) is 30.8 Å². The van der Waals surface area contributed by atoms with Crippen LogP contribution in [0, 0.1) is 0 Å². The summed E-state index contributed by atoms with van der Waals surface area (Å²) in [6.45, 7) is 8.35. The number of nitrogens with zero attached hydrogens (tertiary/aromatic N) is 3. The highest BCUT2D eigenvalue weighted by molar-refractivity contribution is 6.05. The number of rotatable bonds is 5. The maximum Gasteiger partial charge on any atom is 0.342 e. The molecule has 30 heavy (non-hydrogen) atoms. The highest BCUT2D eigenvalue weighted by Gasteiger charge is 2.20. The van der Waals surface area contributed by atoms with E-state index in [1.807, 2.05) is 43.3 Å². The molecule has 3 aromatic rings. The van der Waals surface area contributed by atoms with Gasteiger partial charge in [0.25, 0.3) is 0 Å². The molecule has 0 aliphatic carbocycles. The number of carbonyl (C=O) groups excluding carboxylic acids is 2. The standard InChI is InChI=1S/C23H26N4O3/c1-6-26-20(14-17-8-7-9-19(21(17)26)22(28)30-5)16-10-12-18(13-11-16)27(15(2)3)23(29)25(4)24/h7-14H,2,6,24H2,1,3-5H3. The number of urea groups is 1. The summed E-state index contributed by atoms with van der Waals surface area (Å²) in [5.74, 6) is 5.26. The van der Waals surface area contributed by atoms with Gasteiger partial charge in [-0.05, 0) is 43.7 Å². The number of hydrazine groups is 1. The third-order valence-electron chi connectivity index (χ3n) is 4.94. The highest BCUT2D eigenvalue weighted by Crippen LogP contribution is 2.32. The van der Waals surface area contributed by atoms with Gasteiger partial charge >= 0.3 is 12.0 Å². The lowest BCUT2D eigenvalue weighted by molar-refractivity contribution is 0.0602. The predicted octanol–water partition coefficient (Wildman–Crippen LogP) is 4.38. The van der Waals surface area contributed by atoms with Crippen molar-refractivity contribution in [2.24, 2.45) is 5.84 Å². The molecular weight excluding hydrogens is 380 g/mol. The van der Waals surface area contributed by atoms with Gasteiger partial charge in [0, 0.05) is 30.4 Å². The van der Waals surface area contributed by atoms with Crippen LogP contribution in [0.5, 0.6) is 0 Å². The molecule has 7 heteroatoms. The van der Waals surface area contributed by atoms with Crippen molar-refractivity contribution in [3.63, 3.8) is 0 Å². The molecule has 156 valence electrons. The topological polar surface area (TPSA) is 80.8 Å². The molecule has 0 radical (unpaired) electrons. The van der Waals surface area contributed by atoms with E-state index in [1.165, 1.54) is 19.1 Å². The largest absolute Gasteiger partial charge is 0.465 e. The zero-order valence-electron chi connectivity index (χ0n) is 17.7. The molecule has 3 rings (SSSR count). The van der Waals surface area contributed by atoms with Gasteiger partial charge < -0.3 is 9.30 Å². The van der Waals surface area contributed by atoms with Gasteiger partial charge in [-0.25, -0.2) is 15.4 Å². The number of carbonyl (C=O) groups is 2. The lowest BCUT2D eigenvalue weighted by Crippen LogP contribution is -2.43. The molecule has 0 saturated heterocycles. The normalized spacial score (nSPS) is 10.7. The summed E-state index contributed by atoms with van der Waals surface area (Å²) >= 11 is 0. The molecule has 2 amide bonds. The lowest BCUT2D eigenvalue weighted by atomic mass is 10.1. The quantitative estimate of drug-likeness (QED) is 0.295. The Morgan fingerprint density at radius 3 is 2.37 bits per heavy atom. The maximum absolute atomic E-state index is 12.4. The van der Waals surface area contributed by atoms with Crippen LogP contribution in [0.4, 0.5) is 10.5 Å². The summed E-state index contributed by atoms with van der Waals surface area (Å²) in [7, 11) is 2.87. The van der Waals surface area contributed by atoms with E-state index in [-0.39, 0.29) is 12.0 Å². The van der Waals surface area contributed by atoms with Gasteiger partial charge in [0.05, 0.1) is 23.9 Å². The molecule has 0 aliphatic rings. The van der Waals surface area contributed by atoms with Crippen LogP contribution in [0.25, 0.3) is 22.2 Å². The van der Waals surface area contributed by atoms with E-state index in [4.69, 9.17) is 10.6 Å². The Kier molecular flexibility index (Phi) is 5.94. The summed E-state index contributed by atoms with van der Waals surface area (Å²) in [5.41, 5.74) is 4.54. The minimum atomic E-state index is -0.374. The van der Waals surface area contributed by atoms with Crippen molar-refractivity contribution in [2.45, 2.75) is 20.4 Å². The first-order valence-corrected chi connectivity index (χ1v) is 9.59. The van der Waals surface area contributed by atoms with Gasteiger partial charge in [0.2, 0.25) is 0 Å². The van der Waals surface area contributed by atoms with E-state index < -0.39 is 0 Å². The fourth-order valence-electron chi connectivity index (χ4n) is 3.60. The number of allylic oxidation sites excluding steroid dienone is 1. The zero-order chi connectivity index (χ0) is 22.0. The summed E-state index contributed by atoms with van der Waals surface area (Å²) in [6.07, 6.45) is 0. The number of anilines is 1. The number of methoxy groups -OCH3 is 1. The second kappa shape index (κ2) is 8.42. The molecule has 0 unspecified atom stereocenters. The van der Waals surface area contributed by atoms with Crippen LogP contribution in [-0.2, 0) is 11.3 Å². The summed E-state index contributed by atoms with van der Waals surface area (Å²) in [4.78, 5) is 26.1. The number of aryl methyl sites for hydroxylation is 1. The maximum atomic E-state index is 12.4. The molecule has 0 saturated carbocycles. The molecule has 2 N–H and O–H groups in total. The third kappa shape index (κ3) is 3.67.